The van der Waals surface area contributed by atoms with Crippen molar-refractivity contribution in [3.05, 3.63) is 58.9 Å². The highest BCUT2D eigenvalue weighted by Gasteiger charge is 2.15. The molecule has 0 aliphatic heterocycles. The first-order valence-electron chi connectivity index (χ1n) is 10.4. The lowest BCUT2D eigenvalue weighted by Gasteiger charge is -2.07. The van der Waals surface area contributed by atoms with Gasteiger partial charge in [0.15, 0.2) is 10.9 Å². The summed E-state index contributed by atoms with van der Waals surface area (Å²) < 4.78 is 5.06. The van der Waals surface area contributed by atoms with Gasteiger partial charge in [0.05, 0.1) is 11.9 Å². The molecule has 0 radical (unpaired) electrons. The van der Waals surface area contributed by atoms with Crippen LogP contribution < -0.4 is 10.6 Å². The quantitative estimate of drug-likeness (QED) is 0.257. The number of amides is 1. The first-order valence-corrected chi connectivity index (χ1v) is 11.2. The Morgan fingerprint density at radius 3 is 2.79 bits per heavy atom. The zero-order valence-corrected chi connectivity index (χ0v) is 19.5. The number of fused-ring (bicyclic) bond motifs is 1. The van der Waals surface area contributed by atoms with Gasteiger partial charge in [-0.05, 0) is 36.8 Å². The van der Waals surface area contributed by atoms with Gasteiger partial charge in [0.1, 0.15) is 5.82 Å². The maximum atomic E-state index is 12.4. The maximum Gasteiger partial charge on any atom is 0.293 e. The monoisotopic (exact) mass is 464 g/mol. The smallest absolute Gasteiger partial charge is 0.293 e. The molecule has 0 atom stereocenters. The Bertz CT molecular complexity index is 1340. The lowest BCUT2D eigenvalue weighted by Crippen LogP contribution is -2.15. The number of carbonyl (C=O) groups is 1. The van der Waals surface area contributed by atoms with Gasteiger partial charge in [0.2, 0.25) is 11.7 Å². The number of nitrogens with zero attached hydrogens (tertiary/aromatic N) is 4. The van der Waals surface area contributed by atoms with Crippen LogP contribution in [0.3, 0.4) is 0 Å². The Labute approximate surface area is 194 Å². The molecule has 0 aliphatic rings. The predicted molar refractivity (Wildman–Crippen MR) is 128 cm³/mol. The fraction of sp³-hybridized carbons (Fsp3) is 0.261. The molecule has 9 nitrogen and oxygen atoms in total. The highest BCUT2D eigenvalue weighted by atomic mass is 32.1. The van der Waals surface area contributed by atoms with E-state index in [0.717, 1.165) is 33.3 Å². The minimum Gasteiger partial charge on any atom is -0.502 e. The number of aliphatic hydroxyl groups is 1. The number of anilines is 2. The van der Waals surface area contributed by atoms with Crippen LogP contribution in [-0.4, -0.2) is 31.1 Å². The third-order valence-electron chi connectivity index (χ3n) is 4.84. The summed E-state index contributed by atoms with van der Waals surface area (Å²) in [6.07, 6.45) is 3.74. The van der Waals surface area contributed by atoms with E-state index in [1.54, 1.807) is 13.1 Å². The minimum atomic E-state index is -0.657. The summed E-state index contributed by atoms with van der Waals surface area (Å²) in [5.74, 6) is 0.756. The molecule has 1 amide bonds. The van der Waals surface area contributed by atoms with Crippen molar-refractivity contribution < 1.29 is 14.4 Å². The molecule has 0 bridgehead atoms. The van der Waals surface area contributed by atoms with E-state index in [1.807, 2.05) is 31.2 Å². The summed E-state index contributed by atoms with van der Waals surface area (Å²) >= 11 is 1.42. The predicted octanol–water partition coefficient (Wildman–Crippen LogP) is 5.01. The maximum absolute atomic E-state index is 12.4. The Balaban J connectivity index is 1.52. The van der Waals surface area contributed by atoms with Gasteiger partial charge < -0.3 is 14.9 Å². The fourth-order valence-corrected chi connectivity index (χ4v) is 4.41. The molecule has 170 valence electrons. The van der Waals surface area contributed by atoms with Crippen molar-refractivity contribution in [2.45, 2.75) is 34.1 Å². The van der Waals surface area contributed by atoms with Crippen LogP contribution in [0.25, 0.3) is 22.2 Å². The topological polar surface area (TPSA) is 126 Å². The van der Waals surface area contributed by atoms with Crippen molar-refractivity contribution in [3.63, 3.8) is 0 Å². The summed E-state index contributed by atoms with van der Waals surface area (Å²) in [4.78, 5) is 26.5. The molecule has 4 aromatic rings. The third kappa shape index (κ3) is 5.17. The molecule has 3 heterocycles. The number of aromatic nitrogens is 4. The van der Waals surface area contributed by atoms with Crippen LogP contribution in [-0.2, 0) is 11.2 Å². The van der Waals surface area contributed by atoms with Crippen LogP contribution >= 0.6 is 11.3 Å². The first kappa shape index (κ1) is 22.4. The van der Waals surface area contributed by atoms with Gasteiger partial charge in [-0.3, -0.25) is 10.1 Å². The molecule has 0 aliphatic carbocycles. The number of nitrogens with one attached hydrogen (secondary N) is 2. The molecular weight excluding hydrogens is 440 g/mol. The van der Waals surface area contributed by atoms with Crippen LogP contribution in [0.4, 0.5) is 10.9 Å². The molecule has 10 heteroatoms. The van der Waals surface area contributed by atoms with Crippen LogP contribution in [0.5, 0.6) is 0 Å². The van der Waals surface area contributed by atoms with Crippen molar-refractivity contribution in [1.29, 1.82) is 0 Å². The van der Waals surface area contributed by atoms with Gasteiger partial charge in [-0.1, -0.05) is 31.1 Å². The molecule has 0 saturated heterocycles. The van der Waals surface area contributed by atoms with E-state index in [9.17, 15) is 9.90 Å². The molecule has 0 unspecified atom stereocenters. The second-order valence-corrected chi connectivity index (χ2v) is 9.07. The van der Waals surface area contributed by atoms with E-state index in [1.165, 1.54) is 17.5 Å². The summed E-state index contributed by atoms with van der Waals surface area (Å²) in [5, 5.41) is 21.9. The van der Waals surface area contributed by atoms with Crippen molar-refractivity contribution in [2.24, 2.45) is 5.92 Å². The Morgan fingerprint density at radius 2 is 2.06 bits per heavy atom. The summed E-state index contributed by atoms with van der Waals surface area (Å²) in [6, 6.07) is 7.54. The highest BCUT2D eigenvalue weighted by Crippen LogP contribution is 2.27. The summed E-state index contributed by atoms with van der Waals surface area (Å²) in [6.45, 7) is 7.90. The van der Waals surface area contributed by atoms with E-state index in [2.05, 4.69) is 44.6 Å². The average molecular weight is 465 g/mol. The van der Waals surface area contributed by atoms with E-state index >= 15 is 0 Å². The van der Waals surface area contributed by atoms with Gasteiger partial charge >= 0.3 is 0 Å². The molecule has 1 aromatic carbocycles. The summed E-state index contributed by atoms with van der Waals surface area (Å²) in [5.41, 5.74) is 1.65. The molecular formula is C23H24N6O3S. The van der Waals surface area contributed by atoms with Crippen molar-refractivity contribution in [1.82, 2.24) is 20.1 Å². The summed E-state index contributed by atoms with van der Waals surface area (Å²) in [7, 11) is 0. The third-order valence-corrected chi connectivity index (χ3v) is 5.93. The van der Waals surface area contributed by atoms with Crippen molar-refractivity contribution in [2.75, 3.05) is 10.6 Å². The molecule has 33 heavy (non-hydrogen) atoms. The van der Waals surface area contributed by atoms with Crippen LogP contribution in [0.15, 0.2) is 46.9 Å². The van der Waals surface area contributed by atoms with E-state index in [4.69, 9.17) is 4.52 Å². The number of aryl methyl sites for hydroxylation is 2. The van der Waals surface area contributed by atoms with Crippen molar-refractivity contribution >= 4 is 39.0 Å². The number of carbonyl (C=O) groups excluding carboxylic acids is 1. The number of hydrogen-bond donors (Lipinski definition) is 3. The lowest BCUT2D eigenvalue weighted by molar-refractivity contribution is -0.115. The second-order valence-electron chi connectivity index (χ2n) is 7.99. The minimum absolute atomic E-state index is 0.455. The zero-order valence-electron chi connectivity index (χ0n) is 18.7. The molecule has 0 fully saturated rings. The van der Waals surface area contributed by atoms with E-state index < -0.39 is 11.7 Å². The largest absolute Gasteiger partial charge is 0.502 e. The molecule has 0 saturated carbocycles. The van der Waals surface area contributed by atoms with Gasteiger partial charge in [0.25, 0.3) is 5.91 Å². The fourth-order valence-electron chi connectivity index (χ4n) is 3.24. The standard InChI is InChI=1S/C23H24N6O3S/c1-12(2)9-19-13(3)26-23(33-19)28-22(31)18(30)11-25-21-17-10-16(20-27-14(4)32-29-20)6-5-15(17)7-8-24-21/h5-8,10-12,30H,9H2,1-4H3,(H,24,25)(H,26,28,31). The highest BCUT2D eigenvalue weighted by molar-refractivity contribution is 7.15. The molecule has 0 spiro atoms. The van der Waals surface area contributed by atoms with Gasteiger partial charge in [-0.2, -0.15) is 4.98 Å². The van der Waals surface area contributed by atoms with E-state index in [-0.39, 0.29) is 0 Å². The van der Waals surface area contributed by atoms with Gasteiger partial charge in [0, 0.05) is 28.9 Å². The second kappa shape index (κ2) is 9.37. The first-order chi connectivity index (χ1) is 15.8. The Kier molecular flexibility index (Phi) is 6.36. The van der Waals surface area contributed by atoms with Crippen molar-refractivity contribution in [3.8, 4) is 11.4 Å². The van der Waals surface area contributed by atoms with Gasteiger partial charge in [-0.25, -0.2) is 9.97 Å². The van der Waals surface area contributed by atoms with Crippen LogP contribution in [0, 0.1) is 19.8 Å². The number of hydrogen-bond acceptors (Lipinski definition) is 9. The molecule has 3 N–H and O–H groups in total. The van der Waals surface area contributed by atoms with E-state index in [0.29, 0.717) is 28.6 Å². The molecule has 4 rings (SSSR count). The number of rotatable bonds is 7. The Morgan fingerprint density at radius 1 is 1.24 bits per heavy atom. The van der Waals surface area contributed by atoms with Crippen LogP contribution in [0.2, 0.25) is 0 Å². The number of benzene rings is 1. The number of pyridine rings is 1. The number of aliphatic hydroxyl groups excluding tert-OH is 1. The zero-order chi connectivity index (χ0) is 23.5. The average Bonchev–Trinajstić information content (AvgIpc) is 3.36. The molecule has 3 aromatic heterocycles. The van der Waals surface area contributed by atoms with Crippen LogP contribution in [0.1, 0.15) is 30.3 Å². The normalized spacial score (nSPS) is 11.8. The lowest BCUT2D eigenvalue weighted by atomic mass is 10.1. The Hall–Kier alpha value is -3.79. The number of thiazole rings is 1. The SMILES string of the molecule is Cc1nc(-c2ccc3ccnc(NC=C(O)C(=O)Nc4nc(C)c(CC(C)C)s4)c3c2)no1. The van der Waals surface area contributed by atoms with Gasteiger partial charge in [-0.15, -0.1) is 11.3 Å².